The maximum Gasteiger partial charge on any atom is 0.0534 e. The molecule has 0 spiro atoms. The van der Waals surface area contributed by atoms with E-state index in [1.54, 1.807) is 0 Å². The van der Waals surface area contributed by atoms with E-state index >= 15 is 0 Å². The van der Waals surface area contributed by atoms with Crippen LogP contribution in [0, 0.1) is 12.0 Å². The molecule has 1 heterocycles. The summed E-state index contributed by atoms with van der Waals surface area (Å²) in [5, 5.41) is 0. The molecule has 0 saturated carbocycles. The first kappa shape index (κ1) is 13.4. The number of rotatable bonds is 2. The van der Waals surface area contributed by atoms with Gasteiger partial charge in [0.05, 0.1) is 5.69 Å². The molecule has 0 N–H and O–H groups in total. The van der Waals surface area contributed by atoms with E-state index in [0.29, 0.717) is 0 Å². The Bertz CT molecular complexity index is 768. The average Bonchev–Trinajstić information content (AvgIpc) is 2.95. The maximum absolute atomic E-state index is 3.22. The van der Waals surface area contributed by atoms with Crippen LogP contribution >= 0.6 is 0 Å². The number of hydrogen-bond donors (Lipinski definition) is 0. The fraction of sp³-hybridized carbons (Fsp3) is 0.238. The van der Waals surface area contributed by atoms with Gasteiger partial charge in [0, 0.05) is 11.4 Å². The van der Waals surface area contributed by atoms with Gasteiger partial charge in [0.25, 0.3) is 0 Å². The van der Waals surface area contributed by atoms with Gasteiger partial charge < -0.3 is 4.57 Å². The first-order chi connectivity index (χ1) is 10.8. The molecular weight excluding hydrogens is 266 g/mol. The lowest BCUT2D eigenvalue weighted by atomic mass is 9.89. The number of nitrogens with zero attached hydrogens (tertiary/aromatic N) is 1. The quantitative estimate of drug-likeness (QED) is 0.620. The van der Waals surface area contributed by atoms with Crippen molar-refractivity contribution in [2.45, 2.75) is 26.2 Å². The normalized spacial score (nSPS) is 17.2. The van der Waals surface area contributed by atoms with E-state index in [4.69, 9.17) is 0 Å². The Labute approximate surface area is 132 Å². The fourth-order valence-corrected chi connectivity index (χ4v) is 3.55. The van der Waals surface area contributed by atoms with Crippen molar-refractivity contribution >= 4 is 0 Å². The summed E-state index contributed by atoms with van der Waals surface area (Å²) < 4.78 is 2.44. The van der Waals surface area contributed by atoms with Gasteiger partial charge in [0.2, 0.25) is 0 Å². The third kappa shape index (κ3) is 2.27. The zero-order chi connectivity index (χ0) is 14.9. The van der Waals surface area contributed by atoms with Crippen molar-refractivity contribution in [1.82, 2.24) is 4.57 Å². The summed E-state index contributed by atoms with van der Waals surface area (Å²) in [5.41, 5.74) is 6.81. The largest absolute Gasteiger partial charge is 0.313 e. The van der Waals surface area contributed by atoms with E-state index in [1.807, 2.05) is 6.07 Å². The molecule has 1 atom stereocenters. The van der Waals surface area contributed by atoms with Crippen molar-refractivity contribution in [3.8, 4) is 16.9 Å². The van der Waals surface area contributed by atoms with Crippen LogP contribution in [0.25, 0.3) is 16.9 Å². The zero-order valence-corrected chi connectivity index (χ0v) is 12.9. The number of fused-ring (bicyclic) bond motifs is 1. The van der Waals surface area contributed by atoms with Crippen molar-refractivity contribution in [3.63, 3.8) is 0 Å². The molecule has 1 aliphatic rings. The zero-order valence-electron chi connectivity index (χ0n) is 12.9. The van der Waals surface area contributed by atoms with Crippen molar-refractivity contribution in [3.05, 3.63) is 78.0 Å². The highest BCUT2D eigenvalue weighted by molar-refractivity contribution is 5.66. The molecule has 4 rings (SSSR count). The predicted molar refractivity (Wildman–Crippen MR) is 91.2 cm³/mol. The van der Waals surface area contributed by atoms with Crippen LogP contribution in [0.3, 0.4) is 0 Å². The molecule has 3 aromatic rings. The summed E-state index contributed by atoms with van der Waals surface area (Å²) in [4.78, 5) is 0. The first-order valence-corrected chi connectivity index (χ1v) is 8.08. The Morgan fingerprint density at radius 1 is 1.09 bits per heavy atom. The molecule has 109 valence electrons. The average molecular weight is 286 g/mol. The molecule has 1 heteroatoms. The Morgan fingerprint density at radius 2 is 1.95 bits per heavy atom. The monoisotopic (exact) mass is 286 g/mol. The van der Waals surface area contributed by atoms with E-state index in [1.165, 1.54) is 41.0 Å². The molecule has 1 aromatic heterocycles. The van der Waals surface area contributed by atoms with Gasteiger partial charge in [-0.3, -0.25) is 0 Å². The highest BCUT2D eigenvalue weighted by Crippen LogP contribution is 2.35. The van der Waals surface area contributed by atoms with Crippen LogP contribution in [0.2, 0.25) is 0 Å². The molecule has 1 nitrogen and oxygen atoms in total. The van der Waals surface area contributed by atoms with Crippen LogP contribution in [0.1, 0.15) is 24.6 Å². The van der Waals surface area contributed by atoms with Crippen LogP contribution in [-0.4, -0.2) is 4.57 Å². The molecule has 0 saturated heterocycles. The summed E-state index contributed by atoms with van der Waals surface area (Å²) in [5.74, 6) is 0.786. The van der Waals surface area contributed by atoms with Gasteiger partial charge in [-0.2, -0.15) is 0 Å². The number of hydrogen-bond acceptors (Lipinski definition) is 0. The van der Waals surface area contributed by atoms with Crippen LogP contribution in [0.15, 0.2) is 60.7 Å². The van der Waals surface area contributed by atoms with E-state index in [2.05, 4.69) is 72.2 Å². The van der Waals surface area contributed by atoms with Crippen molar-refractivity contribution in [1.29, 1.82) is 0 Å². The predicted octanol–water partition coefficient (Wildman–Crippen LogP) is 5.07. The van der Waals surface area contributed by atoms with Gasteiger partial charge in [-0.05, 0) is 60.6 Å². The smallest absolute Gasteiger partial charge is 0.0534 e. The fourth-order valence-electron chi connectivity index (χ4n) is 3.55. The Hall–Kier alpha value is -2.28. The van der Waals surface area contributed by atoms with Gasteiger partial charge in [-0.1, -0.05) is 49.4 Å². The van der Waals surface area contributed by atoms with Crippen molar-refractivity contribution in [2.75, 3.05) is 0 Å². The summed E-state index contributed by atoms with van der Waals surface area (Å²) >= 11 is 0. The second-order valence-electron chi connectivity index (χ2n) is 6.31. The summed E-state index contributed by atoms with van der Waals surface area (Å²) in [6, 6.07) is 24.6. The number of aromatic nitrogens is 1. The molecule has 0 aliphatic heterocycles. The van der Waals surface area contributed by atoms with Crippen LogP contribution < -0.4 is 0 Å². The third-order valence-corrected chi connectivity index (χ3v) is 4.65. The summed E-state index contributed by atoms with van der Waals surface area (Å²) in [6.07, 6.45) is 3.64. The van der Waals surface area contributed by atoms with E-state index in [0.717, 1.165) is 12.3 Å². The van der Waals surface area contributed by atoms with Gasteiger partial charge in [0.1, 0.15) is 0 Å². The molecule has 0 fully saturated rings. The second kappa shape index (κ2) is 5.49. The SMILES string of the molecule is CC1CCc2c(cc(-c3ccccc3)n2-c2c[c]ccc2)C1. The summed E-state index contributed by atoms with van der Waals surface area (Å²) in [7, 11) is 0. The van der Waals surface area contributed by atoms with Gasteiger partial charge in [-0.25, -0.2) is 0 Å². The molecule has 1 radical (unpaired) electrons. The van der Waals surface area contributed by atoms with E-state index in [9.17, 15) is 0 Å². The Balaban J connectivity index is 1.94. The number of benzene rings is 2. The Morgan fingerprint density at radius 3 is 2.73 bits per heavy atom. The first-order valence-electron chi connectivity index (χ1n) is 8.08. The highest BCUT2D eigenvalue weighted by Gasteiger charge is 2.22. The lowest BCUT2D eigenvalue weighted by Gasteiger charge is -2.21. The van der Waals surface area contributed by atoms with Crippen LogP contribution in [0.4, 0.5) is 0 Å². The molecule has 0 bridgehead atoms. The molecule has 1 unspecified atom stereocenters. The molecular formula is C21H20N. The minimum absolute atomic E-state index is 0.786. The standard InChI is InChI=1S/C21H20N/c1-16-12-13-20-18(14-16)15-21(17-8-4-2-5-9-17)22(20)19-10-6-3-7-11-19/h2-6,8-11,15-16H,12-14H2,1H3. The van der Waals surface area contributed by atoms with Gasteiger partial charge in [0.15, 0.2) is 0 Å². The minimum Gasteiger partial charge on any atom is -0.313 e. The van der Waals surface area contributed by atoms with Crippen LogP contribution in [0.5, 0.6) is 0 Å². The summed E-state index contributed by atoms with van der Waals surface area (Å²) in [6.45, 7) is 2.36. The van der Waals surface area contributed by atoms with Crippen LogP contribution in [-0.2, 0) is 12.8 Å². The lowest BCUT2D eigenvalue weighted by Crippen LogP contribution is -2.13. The van der Waals surface area contributed by atoms with Crippen molar-refractivity contribution < 1.29 is 0 Å². The van der Waals surface area contributed by atoms with Gasteiger partial charge in [-0.15, -0.1) is 0 Å². The molecule has 1 aliphatic carbocycles. The topological polar surface area (TPSA) is 4.93 Å². The third-order valence-electron chi connectivity index (χ3n) is 4.65. The van der Waals surface area contributed by atoms with Crippen molar-refractivity contribution in [2.24, 2.45) is 5.92 Å². The molecule has 22 heavy (non-hydrogen) atoms. The molecule has 2 aromatic carbocycles. The maximum atomic E-state index is 3.22. The van der Waals surface area contributed by atoms with Gasteiger partial charge >= 0.3 is 0 Å². The van der Waals surface area contributed by atoms with E-state index < -0.39 is 0 Å². The minimum atomic E-state index is 0.786. The second-order valence-corrected chi connectivity index (χ2v) is 6.31. The Kier molecular flexibility index (Phi) is 3.34. The van der Waals surface area contributed by atoms with E-state index in [-0.39, 0.29) is 0 Å². The highest BCUT2D eigenvalue weighted by atomic mass is 15.0. The lowest BCUT2D eigenvalue weighted by molar-refractivity contribution is 0.494. The molecule has 0 amide bonds.